The molecule has 0 bridgehead atoms. The Hall–Kier alpha value is -2.14. The first-order valence-corrected chi connectivity index (χ1v) is 8.87. The summed E-state index contributed by atoms with van der Waals surface area (Å²) < 4.78 is 24.1. The Morgan fingerprint density at radius 3 is 2.14 bits per heavy atom. The van der Waals surface area contributed by atoms with Crippen molar-refractivity contribution in [3.8, 4) is 0 Å². The van der Waals surface area contributed by atoms with E-state index in [0.29, 0.717) is 5.56 Å². The van der Waals surface area contributed by atoms with Crippen LogP contribution in [0, 0.1) is 0 Å². The van der Waals surface area contributed by atoms with Crippen molar-refractivity contribution in [2.45, 2.75) is 18.7 Å². The van der Waals surface area contributed by atoms with E-state index in [-0.39, 0.29) is 11.8 Å². The molecule has 1 amide bonds. The smallest absolute Gasteiger partial charge is 0.235 e. The van der Waals surface area contributed by atoms with E-state index in [1.807, 2.05) is 43.3 Å². The molecule has 1 atom stereocenters. The Morgan fingerprint density at radius 1 is 1.00 bits per heavy atom. The molecule has 22 heavy (non-hydrogen) atoms. The maximum atomic E-state index is 12.1. The zero-order valence-corrected chi connectivity index (χ0v) is 13.2. The third kappa shape index (κ3) is 5.00. The Morgan fingerprint density at radius 2 is 1.55 bits per heavy atom. The zero-order chi connectivity index (χ0) is 16.0. The number of rotatable bonds is 6. The summed E-state index contributed by atoms with van der Waals surface area (Å²) in [6.07, 6.45) is 0. The summed E-state index contributed by atoms with van der Waals surface area (Å²) in [7, 11) is -3.47. The SMILES string of the molecule is CC(NC(=O)CS(=O)(=O)Cc1ccccc1)c1ccccc1. The normalized spacial score (nSPS) is 12.6. The van der Waals surface area contributed by atoms with Gasteiger partial charge in [0.05, 0.1) is 11.8 Å². The number of carbonyl (C=O) groups is 1. The number of benzene rings is 2. The van der Waals surface area contributed by atoms with E-state index < -0.39 is 21.5 Å². The van der Waals surface area contributed by atoms with Crippen LogP contribution in [0.15, 0.2) is 60.7 Å². The second kappa shape index (κ2) is 7.22. The highest BCUT2D eigenvalue weighted by Crippen LogP contribution is 2.11. The third-order valence-corrected chi connectivity index (χ3v) is 4.73. The molecule has 0 saturated heterocycles. The highest BCUT2D eigenvalue weighted by molar-refractivity contribution is 7.91. The number of hydrogen-bond donors (Lipinski definition) is 1. The lowest BCUT2D eigenvalue weighted by Gasteiger charge is -2.14. The fourth-order valence-electron chi connectivity index (χ4n) is 2.19. The summed E-state index contributed by atoms with van der Waals surface area (Å²) in [6.45, 7) is 1.83. The quantitative estimate of drug-likeness (QED) is 0.890. The van der Waals surface area contributed by atoms with Crippen LogP contribution in [0.2, 0.25) is 0 Å². The molecule has 0 aliphatic carbocycles. The average molecular weight is 317 g/mol. The van der Waals surface area contributed by atoms with Crippen molar-refractivity contribution < 1.29 is 13.2 Å². The number of carbonyl (C=O) groups excluding carboxylic acids is 1. The second-order valence-corrected chi connectivity index (χ2v) is 7.28. The lowest BCUT2D eigenvalue weighted by atomic mass is 10.1. The standard InChI is InChI=1S/C17H19NO3S/c1-14(16-10-6-3-7-11-16)18-17(19)13-22(20,21)12-15-8-4-2-5-9-15/h2-11,14H,12-13H2,1H3,(H,18,19). The van der Waals surface area contributed by atoms with E-state index in [1.165, 1.54) is 0 Å². The maximum Gasteiger partial charge on any atom is 0.235 e. The predicted molar refractivity (Wildman–Crippen MR) is 86.9 cm³/mol. The van der Waals surface area contributed by atoms with Gasteiger partial charge in [0.2, 0.25) is 5.91 Å². The molecular weight excluding hydrogens is 298 g/mol. The van der Waals surface area contributed by atoms with Crippen molar-refractivity contribution in [3.05, 3.63) is 71.8 Å². The van der Waals surface area contributed by atoms with Crippen LogP contribution >= 0.6 is 0 Å². The summed E-state index contributed by atoms with van der Waals surface area (Å²) in [5.74, 6) is -1.10. The molecule has 0 spiro atoms. The molecular formula is C17H19NO3S. The molecule has 4 nitrogen and oxygen atoms in total. The maximum absolute atomic E-state index is 12.1. The fourth-order valence-corrected chi connectivity index (χ4v) is 3.47. The molecule has 0 fully saturated rings. The molecule has 0 aromatic heterocycles. The topological polar surface area (TPSA) is 63.2 Å². The van der Waals surface area contributed by atoms with Crippen molar-refractivity contribution in [2.75, 3.05) is 5.75 Å². The summed E-state index contributed by atoms with van der Waals surface area (Å²) in [5.41, 5.74) is 1.63. The van der Waals surface area contributed by atoms with Crippen LogP contribution in [-0.2, 0) is 20.4 Å². The Kier molecular flexibility index (Phi) is 5.33. The van der Waals surface area contributed by atoms with Gasteiger partial charge in [-0.3, -0.25) is 4.79 Å². The molecule has 2 aromatic rings. The molecule has 0 radical (unpaired) electrons. The van der Waals surface area contributed by atoms with Gasteiger partial charge >= 0.3 is 0 Å². The van der Waals surface area contributed by atoms with Crippen LogP contribution in [0.1, 0.15) is 24.1 Å². The van der Waals surface area contributed by atoms with Gasteiger partial charge in [0.25, 0.3) is 0 Å². The van der Waals surface area contributed by atoms with Crippen LogP contribution < -0.4 is 5.32 Å². The van der Waals surface area contributed by atoms with E-state index in [2.05, 4.69) is 5.32 Å². The lowest BCUT2D eigenvalue weighted by molar-refractivity contribution is -0.119. The first-order valence-electron chi connectivity index (χ1n) is 7.05. The minimum absolute atomic E-state index is 0.124. The molecule has 0 saturated carbocycles. The number of amides is 1. The molecule has 1 unspecified atom stereocenters. The highest BCUT2D eigenvalue weighted by Gasteiger charge is 2.19. The Balaban J connectivity index is 1.93. The summed E-state index contributed by atoms with van der Waals surface area (Å²) >= 11 is 0. The molecule has 116 valence electrons. The van der Waals surface area contributed by atoms with Gasteiger partial charge in [0.1, 0.15) is 5.75 Å². The summed E-state index contributed by atoms with van der Waals surface area (Å²) in [6, 6.07) is 18.1. The minimum Gasteiger partial charge on any atom is -0.349 e. The fraction of sp³-hybridized carbons (Fsp3) is 0.235. The van der Waals surface area contributed by atoms with Crippen LogP contribution in [0.4, 0.5) is 0 Å². The van der Waals surface area contributed by atoms with E-state index in [9.17, 15) is 13.2 Å². The van der Waals surface area contributed by atoms with Crippen molar-refractivity contribution in [2.24, 2.45) is 0 Å². The monoisotopic (exact) mass is 317 g/mol. The van der Waals surface area contributed by atoms with Crippen LogP contribution in [-0.4, -0.2) is 20.1 Å². The van der Waals surface area contributed by atoms with Gasteiger partial charge in [-0.1, -0.05) is 60.7 Å². The predicted octanol–water partition coefficient (Wildman–Crippen LogP) is 2.48. The van der Waals surface area contributed by atoms with E-state index in [4.69, 9.17) is 0 Å². The number of hydrogen-bond acceptors (Lipinski definition) is 3. The molecule has 5 heteroatoms. The van der Waals surface area contributed by atoms with Crippen molar-refractivity contribution in [1.29, 1.82) is 0 Å². The van der Waals surface area contributed by atoms with Gasteiger partial charge in [0, 0.05) is 0 Å². The van der Waals surface area contributed by atoms with Crippen LogP contribution in [0.25, 0.3) is 0 Å². The Bertz CT molecular complexity index is 712. The van der Waals surface area contributed by atoms with Gasteiger partial charge in [-0.25, -0.2) is 8.42 Å². The largest absolute Gasteiger partial charge is 0.349 e. The van der Waals surface area contributed by atoms with Gasteiger partial charge in [-0.2, -0.15) is 0 Å². The van der Waals surface area contributed by atoms with Crippen LogP contribution in [0.5, 0.6) is 0 Å². The number of nitrogens with one attached hydrogen (secondary N) is 1. The second-order valence-electron chi connectivity index (χ2n) is 5.22. The third-order valence-electron chi connectivity index (χ3n) is 3.26. The Labute approximate surface area is 131 Å². The van der Waals surface area contributed by atoms with Crippen molar-refractivity contribution in [3.63, 3.8) is 0 Å². The van der Waals surface area contributed by atoms with Crippen molar-refractivity contribution >= 4 is 15.7 Å². The molecule has 2 aromatic carbocycles. The first-order chi connectivity index (χ1) is 10.5. The van der Waals surface area contributed by atoms with E-state index >= 15 is 0 Å². The minimum atomic E-state index is -3.47. The lowest BCUT2D eigenvalue weighted by Crippen LogP contribution is -2.32. The van der Waals surface area contributed by atoms with Gasteiger partial charge in [0.15, 0.2) is 9.84 Å². The highest BCUT2D eigenvalue weighted by atomic mass is 32.2. The molecule has 0 aliphatic heterocycles. The van der Waals surface area contributed by atoms with Gasteiger partial charge < -0.3 is 5.32 Å². The molecule has 2 rings (SSSR count). The van der Waals surface area contributed by atoms with Gasteiger partial charge in [-0.05, 0) is 18.1 Å². The van der Waals surface area contributed by atoms with Crippen molar-refractivity contribution in [1.82, 2.24) is 5.32 Å². The van der Waals surface area contributed by atoms with Crippen LogP contribution in [0.3, 0.4) is 0 Å². The molecule has 0 aliphatic rings. The summed E-state index contributed by atoms with van der Waals surface area (Å²) in [5, 5.41) is 2.72. The molecule has 0 heterocycles. The van der Waals surface area contributed by atoms with Gasteiger partial charge in [-0.15, -0.1) is 0 Å². The summed E-state index contributed by atoms with van der Waals surface area (Å²) in [4.78, 5) is 11.9. The number of sulfone groups is 1. The van der Waals surface area contributed by atoms with E-state index in [0.717, 1.165) is 5.56 Å². The molecule has 1 N–H and O–H groups in total. The average Bonchev–Trinajstić information content (AvgIpc) is 2.47. The first kappa shape index (κ1) is 16.2. The van der Waals surface area contributed by atoms with E-state index in [1.54, 1.807) is 24.3 Å². The zero-order valence-electron chi connectivity index (χ0n) is 12.4.